The van der Waals surface area contributed by atoms with E-state index in [9.17, 15) is 0 Å². The van der Waals surface area contributed by atoms with Crippen molar-refractivity contribution in [2.45, 2.75) is 93.4 Å². The molecule has 0 radical (unpaired) electrons. The average molecular weight is 281 g/mol. The Morgan fingerprint density at radius 1 is 1.00 bits per heavy atom. The molecule has 0 aliphatic heterocycles. The molecule has 0 aromatic carbocycles. The minimum atomic E-state index is 0.594. The van der Waals surface area contributed by atoms with Crippen molar-refractivity contribution in [3.63, 3.8) is 0 Å². The second-order valence-electron chi connectivity index (χ2n) is 8.75. The van der Waals surface area contributed by atoms with Gasteiger partial charge in [-0.05, 0) is 60.7 Å². The lowest BCUT2D eigenvalue weighted by atomic mass is 9.64. The highest BCUT2D eigenvalue weighted by Gasteiger charge is 2.42. The molecule has 20 heavy (non-hydrogen) atoms. The fourth-order valence-corrected chi connectivity index (χ4v) is 4.70. The van der Waals surface area contributed by atoms with E-state index in [-0.39, 0.29) is 0 Å². The molecule has 0 amide bonds. The molecule has 4 atom stereocenters. The van der Waals surface area contributed by atoms with Gasteiger partial charge in [-0.1, -0.05) is 67.7 Å². The van der Waals surface area contributed by atoms with E-state index in [1.54, 1.807) is 0 Å². The highest BCUT2D eigenvalue weighted by Crippen LogP contribution is 2.51. The van der Waals surface area contributed by atoms with Crippen LogP contribution in [0.5, 0.6) is 0 Å². The Morgan fingerprint density at radius 2 is 1.65 bits per heavy atom. The molecule has 1 fully saturated rings. The van der Waals surface area contributed by atoms with Gasteiger partial charge in [-0.3, -0.25) is 0 Å². The molecule has 1 aliphatic carbocycles. The zero-order chi connectivity index (χ0) is 15.3. The monoisotopic (exact) mass is 280 g/mol. The van der Waals surface area contributed by atoms with Crippen LogP contribution < -0.4 is 0 Å². The number of rotatable bonds is 8. The summed E-state index contributed by atoms with van der Waals surface area (Å²) in [7, 11) is 0. The Bertz CT molecular complexity index is 265. The Labute approximate surface area is 129 Å². The molecule has 120 valence electrons. The third-order valence-corrected chi connectivity index (χ3v) is 6.14. The van der Waals surface area contributed by atoms with Gasteiger partial charge in [0.25, 0.3) is 0 Å². The Hall–Kier alpha value is 0. The van der Waals surface area contributed by atoms with E-state index >= 15 is 0 Å². The van der Waals surface area contributed by atoms with Crippen molar-refractivity contribution in [2.75, 3.05) is 0 Å². The summed E-state index contributed by atoms with van der Waals surface area (Å²) in [5.74, 6) is 4.62. The summed E-state index contributed by atoms with van der Waals surface area (Å²) < 4.78 is 0. The average Bonchev–Trinajstić information content (AvgIpc) is 2.85. The summed E-state index contributed by atoms with van der Waals surface area (Å²) in [5, 5.41) is 0. The Morgan fingerprint density at radius 3 is 2.15 bits per heavy atom. The molecule has 0 bridgehead atoms. The lowest BCUT2D eigenvalue weighted by Gasteiger charge is -2.41. The van der Waals surface area contributed by atoms with Crippen molar-refractivity contribution in [1.82, 2.24) is 0 Å². The molecule has 0 heteroatoms. The molecule has 4 unspecified atom stereocenters. The normalized spacial score (nSPS) is 28.1. The minimum absolute atomic E-state index is 0.594. The summed E-state index contributed by atoms with van der Waals surface area (Å²) >= 11 is 0. The summed E-state index contributed by atoms with van der Waals surface area (Å²) in [6, 6.07) is 0. The molecule has 0 saturated heterocycles. The van der Waals surface area contributed by atoms with Crippen molar-refractivity contribution in [3.8, 4) is 0 Å². The molecule has 0 N–H and O–H groups in total. The lowest BCUT2D eigenvalue weighted by Crippen LogP contribution is -2.33. The molecule has 0 aromatic rings. The standard InChI is InChI=1S/C20H40/c1-8-20(7,13-12-15(2)3)19-11-9-10-18(19)17(6)14-16(4)5/h15-19H,8-14H2,1-7H3. The summed E-state index contributed by atoms with van der Waals surface area (Å²) in [6.07, 6.45) is 10.1. The zero-order valence-electron chi connectivity index (χ0n) is 15.3. The van der Waals surface area contributed by atoms with E-state index in [2.05, 4.69) is 48.5 Å². The molecular weight excluding hydrogens is 240 g/mol. The Balaban J connectivity index is 2.73. The lowest BCUT2D eigenvalue weighted by molar-refractivity contribution is 0.0827. The van der Waals surface area contributed by atoms with Gasteiger partial charge < -0.3 is 0 Å². The second kappa shape index (κ2) is 7.85. The topological polar surface area (TPSA) is 0 Å². The van der Waals surface area contributed by atoms with Crippen LogP contribution >= 0.6 is 0 Å². The number of hydrogen-bond acceptors (Lipinski definition) is 0. The van der Waals surface area contributed by atoms with Crippen molar-refractivity contribution in [2.24, 2.45) is 35.0 Å². The van der Waals surface area contributed by atoms with Crippen LogP contribution in [0.4, 0.5) is 0 Å². The molecular formula is C20H40. The summed E-state index contributed by atoms with van der Waals surface area (Å²) in [6.45, 7) is 17.1. The van der Waals surface area contributed by atoms with Gasteiger partial charge in [0.1, 0.15) is 0 Å². The van der Waals surface area contributed by atoms with Crippen LogP contribution in [0.15, 0.2) is 0 Å². The van der Waals surface area contributed by atoms with Gasteiger partial charge in [-0.15, -0.1) is 0 Å². The van der Waals surface area contributed by atoms with Crippen molar-refractivity contribution in [1.29, 1.82) is 0 Å². The molecule has 0 aromatic heterocycles. The molecule has 1 rings (SSSR count). The van der Waals surface area contributed by atoms with Gasteiger partial charge >= 0.3 is 0 Å². The molecule has 1 saturated carbocycles. The maximum Gasteiger partial charge on any atom is -0.0297 e. The fraction of sp³-hybridized carbons (Fsp3) is 1.00. The second-order valence-corrected chi connectivity index (χ2v) is 8.75. The highest BCUT2D eigenvalue weighted by atomic mass is 14.5. The van der Waals surface area contributed by atoms with Crippen LogP contribution in [0.3, 0.4) is 0 Å². The minimum Gasteiger partial charge on any atom is -0.0649 e. The third-order valence-electron chi connectivity index (χ3n) is 6.14. The smallest absolute Gasteiger partial charge is 0.0297 e. The van der Waals surface area contributed by atoms with Crippen LogP contribution in [-0.4, -0.2) is 0 Å². The van der Waals surface area contributed by atoms with Gasteiger partial charge in [0, 0.05) is 0 Å². The van der Waals surface area contributed by atoms with Crippen molar-refractivity contribution in [3.05, 3.63) is 0 Å². The molecule has 0 heterocycles. The van der Waals surface area contributed by atoms with Crippen LogP contribution in [0, 0.1) is 35.0 Å². The number of hydrogen-bond donors (Lipinski definition) is 0. The molecule has 0 nitrogen and oxygen atoms in total. The predicted molar refractivity (Wildman–Crippen MR) is 91.9 cm³/mol. The first kappa shape index (κ1) is 18.1. The first-order valence-corrected chi connectivity index (χ1v) is 9.30. The maximum absolute atomic E-state index is 2.60. The van der Waals surface area contributed by atoms with E-state index in [1.807, 2.05) is 0 Å². The first-order chi connectivity index (χ1) is 9.30. The van der Waals surface area contributed by atoms with Crippen molar-refractivity contribution < 1.29 is 0 Å². The highest BCUT2D eigenvalue weighted by molar-refractivity contribution is 4.92. The van der Waals surface area contributed by atoms with E-state index in [0.29, 0.717) is 5.41 Å². The quantitative estimate of drug-likeness (QED) is 0.452. The van der Waals surface area contributed by atoms with Crippen molar-refractivity contribution >= 4 is 0 Å². The van der Waals surface area contributed by atoms with E-state index in [1.165, 1.54) is 44.9 Å². The maximum atomic E-state index is 2.60. The van der Waals surface area contributed by atoms with E-state index in [4.69, 9.17) is 0 Å². The summed E-state index contributed by atoms with van der Waals surface area (Å²) in [5.41, 5.74) is 0.594. The molecule has 1 aliphatic rings. The van der Waals surface area contributed by atoms with E-state index in [0.717, 1.165) is 29.6 Å². The SMILES string of the molecule is CCC(C)(CCC(C)C)C1CCCC1C(C)CC(C)C. The predicted octanol–water partition coefficient (Wildman–Crippen LogP) is 6.94. The van der Waals surface area contributed by atoms with Crippen LogP contribution in [0.1, 0.15) is 93.4 Å². The van der Waals surface area contributed by atoms with Gasteiger partial charge in [-0.25, -0.2) is 0 Å². The fourth-order valence-electron chi connectivity index (χ4n) is 4.70. The summed E-state index contributed by atoms with van der Waals surface area (Å²) in [4.78, 5) is 0. The van der Waals surface area contributed by atoms with Crippen LogP contribution in [0.25, 0.3) is 0 Å². The van der Waals surface area contributed by atoms with Gasteiger partial charge in [0.15, 0.2) is 0 Å². The van der Waals surface area contributed by atoms with Crippen LogP contribution in [0.2, 0.25) is 0 Å². The zero-order valence-corrected chi connectivity index (χ0v) is 15.3. The Kier molecular flexibility index (Phi) is 7.09. The van der Waals surface area contributed by atoms with E-state index < -0.39 is 0 Å². The first-order valence-electron chi connectivity index (χ1n) is 9.30. The van der Waals surface area contributed by atoms with Gasteiger partial charge in [0.05, 0.1) is 0 Å². The van der Waals surface area contributed by atoms with Crippen LogP contribution in [-0.2, 0) is 0 Å². The largest absolute Gasteiger partial charge is 0.0649 e. The van der Waals surface area contributed by atoms with Gasteiger partial charge in [-0.2, -0.15) is 0 Å². The third kappa shape index (κ3) is 4.78. The molecule has 0 spiro atoms. The van der Waals surface area contributed by atoms with Gasteiger partial charge in [0.2, 0.25) is 0 Å².